The molecule has 0 amide bonds. The third kappa shape index (κ3) is 2.54. The number of esters is 1. The molecule has 148 valence electrons. The smallest absolute Gasteiger partial charge is 0.310 e. The van der Waals surface area contributed by atoms with Crippen LogP contribution in [0, 0.1) is 11.3 Å². The minimum atomic E-state index is -0.0289. The summed E-state index contributed by atoms with van der Waals surface area (Å²) >= 11 is 0. The first-order chi connectivity index (χ1) is 12.9. The molecule has 4 bridgehead atoms. The number of benzene rings is 1. The molecule has 5 heteroatoms. The normalized spacial score (nSPS) is 37.0. The third-order valence-corrected chi connectivity index (χ3v) is 7.76. The summed E-state index contributed by atoms with van der Waals surface area (Å²) < 4.78 is 16.2. The molecule has 0 radical (unpaired) electrons. The Kier molecular flexibility index (Phi) is 4.51. The first-order valence-corrected chi connectivity index (χ1v) is 9.99. The summed E-state index contributed by atoms with van der Waals surface area (Å²) in [5.41, 5.74) is 2.85. The van der Waals surface area contributed by atoms with Crippen LogP contribution in [0.4, 0.5) is 0 Å². The molecule has 1 saturated carbocycles. The van der Waals surface area contributed by atoms with Crippen LogP contribution in [0.5, 0.6) is 5.75 Å². The van der Waals surface area contributed by atoms with Gasteiger partial charge >= 0.3 is 5.97 Å². The standard InChI is InChI=1S/C22H31NO4/c1-6-26-20(24)16-11-22(3)19-9-14-7-8-15(27-13-25-5)10-17(14)21(22,2)12-18(16)23(19)4/h7-8,10,16,18-19H,6,9,11-13H2,1-5H3/t16?,18?,19?,21-,22+/m0/s1. The molecule has 0 aromatic heterocycles. The highest BCUT2D eigenvalue weighted by atomic mass is 16.7. The lowest BCUT2D eigenvalue weighted by Gasteiger charge is -2.69. The highest BCUT2D eigenvalue weighted by Gasteiger charge is 2.66. The minimum Gasteiger partial charge on any atom is -0.468 e. The largest absolute Gasteiger partial charge is 0.468 e. The topological polar surface area (TPSA) is 48.0 Å². The van der Waals surface area contributed by atoms with Gasteiger partial charge in [-0.3, -0.25) is 9.69 Å². The van der Waals surface area contributed by atoms with E-state index < -0.39 is 0 Å². The quantitative estimate of drug-likeness (QED) is 0.586. The maximum absolute atomic E-state index is 12.6. The second-order valence-corrected chi connectivity index (χ2v) is 8.84. The van der Waals surface area contributed by atoms with Gasteiger partial charge in [-0.2, -0.15) is 0 Å². The molecule has 4 aliphatic rings. The van der Waals surface area contributed by atoms with Crippen LogP contribution < -0.4 is 4.74 Å². The Labute approximate surface area is 162 Å². The van der Waals surface area contributed by atoms with E-state index in [1.165, 1.54) is 11.1 Å². The van der Waals surface area contributed by atoms with E-state index in [9.17, 15) is 4.79 Å². The van der Waals surface area contributed by atoms with Crippen molar-refractivity contribution >= 4 is 5.97 Å². The van der Waals surface area contributed by atoms with Gasteiger partial charge in [0, 0.05) is 24.6 Å². The lowest BCUT2D eigenvalue weighted by Crippen LogP contribution is -2.73. The molecule has 5 nitrogen and oxygen atoms in total. The molecule has 3 fully saturated rings. The lowest BCUT2D eigenvalue weighted by molar-refractivity contribution is -0.180. The zero-order chi connectivity index (χ0) is 19.4. The number of hydrogen-bond acceptors (Lipinski definition) is 5. The lowest BCUT2D eigenvalue weighted by atomic mass is 9.42. The Hall–Kier alpha value is -1.59. The number of hydrogen-bond donors (Lipinski definition) is 0. The van der Waals surface area contributed by atoms with Crippen LogP contribution in [0.15, 0.2) is 18.2 Å². The van der Waals surface area contributed by atoms with Gasteiger partial charge in [0.05, 0.1) is 12.5 Å². The fraction of sp³-hybridized carbons (Fsp3) is 0.682. The molecule has 2 aliphatic heterocycles. The number of likely N-dealkylation sites (N-methyl/N-ethyl adjacent to an activating group) is 1. The maximum atomic E-state index is 12.6. The predicted molar refractivity (Wildman–Crippen MR) is 103 cm³/mol. The first-order valence-electron chi connectivity index (χ1n) is 9.99. The second-order valence-electron chi connectivity index (χ2n) is 8.84. The Morgan fingerprint density at radius 2 is 2.07 bits per heavy atom. The Balaban J connectivity index is 1.74. The summed E-state index contributed by atoms with van der Waals surface area (Å²) in [5, 5.41) is 0. The van der Waals surface area contributed by atoms with Crippen molar-refractivity contribution in [2.24, 2.45) is 11.3 Å². The van der Waals surface area contributed by atoms with E-state index in [2.05, 4.69) is 37.9 Å². The molecule has 2 heterocycles. The Morgan fingerprint density at radius 3 is 2.78 bits per heavy atom. The molecular formula is C22H31NO4. The average molecular weight is 373 g/mol. The van der Waals surface area contributed by atoms with Gasteiger partial charge in [0.25, 0.3) is 0 Å². The number of nitrogens with zero attached hydrogens (tertiary/aromatic N) is 1. The number of carbonyl (C=O) groups excluding carboxylic acids is 1. The summed E-state index contributed by atoms with van der Waals surface area (Å²) in [6, 6.07) is 7.15. The van der Waals surface area contributed by atoms with Crippen molar-refractivity contribution in [3.8, 4) is 5.75 Å². The van der Waals surface area contributed by atoms with Crippen LogP contribution in [0.1, 0.15) is 44.7 Å². The number of fused-ring (bicyclic) bond motifs is 2. The van der Waals surface area contributed by atoms with E-state index in [1.54, 1.807) is 7.11 Å². The molecule has 5 atom stereocenters. The molecule has 0 spiro atoms. The van der Waals surface area contributed by atoms with E-state index in [0.29, 0.717) is 12.6 Å². The predicted octanol–water partition coefficient (Wildman–Crippen LogP) is 3.15. The third-order valence-electron chi connectivity index (χ3n) is 7.76. The summed E-state index contributed by atoms with van der Waals surface area (Å²) in [7, 11) is 3.83. The summed E-state index contributed by atoms with van der Waals surface area (Å²) in [6.07, 6.45) is 2.89. The first kappa shape index (κ1) is 18.8. The van der Waals surface area contributed by atoms with Crippen molar-refractivity contribution in [3.63, 3.8) is 0 Å². The van der Waals surface area contributed by atoms with Gasteiger partial charge in [0.1, 0.15) is 5.75 Å². The van der Waals surface area contributed by atoms with E-state index in [-0.39, 0.29) is 35.6 Å². The fourth-order valence-electron chi connectivity index (χ4n) is 6.17. The van der Waals surface area contributed by atoms with Crippen molar-refractivity contribution < 1.29 is 19.0 Å². The van der Waals surface area contributed by atoms with Gasteiger partial charge in [-0.15, -0.1) is 0 Å². The fourth-order valence-corrected chi connectivity index (χ4v) is 6.17. The van der Waals surface area contributed by atoms with Gasteiger partial charge in [-0.1, -0.05) is 19.9 Å². The van der Waals surface area contributed by atoms with E-state index in [1.807, 2.05) is 13.0 Å². The van der Waals surface area contributed by atoms with Gasteiger partial charge in [0.15, 0.2) is 6.79 Å². The van der Waals surface area contributed by atoms with E-state index >= 15 is 0 Å². The van der Waals surface area contributed by atoms with Crippen molar-refractivity contribution in [3.05, 3.63) is 29.3 Å². The zero-order valence-electron chi connectivity index (χ0n) is 17.1. The van der Waals surface area contributed by atoms with Crippen LogP contribution in [0.25, 0.3) is 0 Å². The molecule has 0 N–H and O–H groups in total. The maximum Gasteiger partial charge on any atom is 0.310 e. The highest BCUT2D eigenvalue weighted by Crippen LogP contribution is 2.65. The van der Waals surface area contributed by atoms with E-state index in [4.69, 9.17) is 14.2 Å². The SMILES string of the molecule is CCOC(=O)C1C[C@]2(C)C3Cc4ccc(OCOC)cc4[C@]2(C)CC1N3C. The van der Waals surface area contributed by atoms with Crippen LogP contribution in [-0.2, 0) is 26.1 Å². The van der Waals surface area contributed by atoms with Crippen molar-refractivity contribution in [1.82, 2.24) is 4.90 Å². The van der Waals surface area contributed by atoms with Crippen LogP contribution in [0.2, 0.25) is 0 Å². The number of rotatable bonds is 5. The molecule has 2 aliphatic carbocycles. The van der Waals surface area contributed by atoms with Gasteiger partial charge in [-0.25, -0.2) is 0 Å². The van der Waals surface area contributed by atoms with Gasteiger partial charge < -0.3 is 14.2 Å². The number of ether oxygens (including phenoxy) is 3. The minimum absolute atomic E-state index is 0.0257. The monoisotopic (exact) mass is 373 g/mol. The molecule has 2 saturated heterocycles. The molecule has 27 heavy (non-hydrogen) atoms. The summed E-state index contributed by atoms with van der Waals surface area (Å²) in [5.74, 6) is 0.799. The molecule has 3 unspecified atom stereocenters. The van der Waals surface area contributed by atoms with Crippen molar-refractivity contribution in [1.29, 1.82) is 0 Å². The summed E-state index contributed by atoms with van der Waals surface area (Å²) in [4.78, 5) is 15.1. The second kappa shape index (κ2) is 6.49. The Morgan fingerprint density at radius 1 is 1.30 bits per heavy atom. The van der Waals surface area contributed by atoms with Crippen molar-refractivity contribution in [2.75, 3.05) is 27.6 Å². The van der Waals surface area contributed by atoms with Crippen LogP contribution >= 0.6 is 0 Å². The number of carbonyl (C=O) groups is 1. The molecular weight excluding hydrogens is 342 g/mol. The van der Waals surface area contributed by atoms with Crippen LogP contribution in [0.3, 0.4) is 0 Å². The van der Waals surface area contributed by atoms with Gasteiger partial charge in [-0.05, 0) is 61.9 Å². The zero-order valence-corrected chi connectivity index (χ0v) is 17.1. The molecule has 5 rings (SSSR count). The molecule has 1 aromatic carbocycles. The number of piperidine rings is 2. The average Bonchev–Trinajstić information content (AvgIpc) is 2.64. The Bertz CT molecular complexity index is 750. The summed E-state index contributed by atoms with van der Waals surface area (Å²) in [6.45, 7) is 7.36. The highest BCUT2D eigenvalue weighted by molar-refractivity contribution is 5.74. The number of methoxy groups -OCH3 is 1. The van der Waals surface area contributed by atoms with E-state index in [0.717, 1.165) is 25.0 Å². The molecule has 1 aromatic rings. The van der Waals surface area contributed by atoms with Crippen LogP contribution in [-0.4, -0.2) is 50.5 Å². The van der Waals surface area contributed by atoms with Crippen molar-refractivity contribution in [2.45, 2.75) is 57.5 Å². The van der Waals surface area contributed by atoms with Gasteiger partial charge in [0.2, 0.25) is 0 Å².